The lowest BCUT2D eigenvalue weighted by molar-refractivity contribution is 0.102. The molecule has 0 radical (unpaired) electrons. The van der Waals surface area contributed by atoms with Crippen molar-refractivity contribution in [3.63, 3.8) is 0 Å². The summed E-state index contributed by atoms with van der Waals surface area (Å²) in [6.07, 6.45) is 3.82. The molecule has 0 bridgehead atoms. The topological polar surface area (TPSA) is 94.5 Å². The number of nitriles is 1. The van der Waals surface area contributed by atoms with Crippen molar-refractivity contribution in [2.75, 3.05) is 5.32 Å². The average Bonchev–Trinajstić information content (AvgIpc) is 3.43. The highest BCUT2D eigenvalue weighted by Gasteiger charge is 2.28. The molecule has 1 aromatic carbocycles. The number of amides is 1. The molecule has 0 aliphatic heterocycles. The van der Waals surface area contributed by atoms with Crippen LogP contribution in [0.5, 0.6) is 0 Å². The summed E-state index contributed by atoms with van der Waals surface area (Å²) < 4.78 is 0. The van der Waals surface area contributed by atoms with E-state index in [1.165, 1.54) is 6.08 Å². The van der Waals surface area contributed by atoms with Crippen molar-refractivity contribution in [2.24, 2.45) is 0 Å². The number of rotatable bonds is 4. The summed E-state index contributed by atoms with van der Waals surface area (Å²) in [7, 11) is 0. The predicted octanol–water partition coefficient (Wildman–Crippen LogP) is 4.22. The van der Waals surface area contributed by atoms with Gasteiger partial charge in [0, 0.05) is 17.0 Å². The zero-order valence-corrected chi connectivity index (χ0v) is 15.3. The van der Waals surface area contributed by atoms with Crippen LogP contribution in [-0.4, -0.2) is 21.1 Å². The second-order valence-corrected chi connectivity index (χ2v) is 6.88. The molecule has 1 saturated carbocycles. The molecule has 1 amide bonds. The Hall–Kier alpha value is -3.46. The largest absolute Gasteiger partial charge is 0.321 e. The Labute approximate surface area is 156 Å². The van der Waals surface area contributed by atoms with Gasteiger partial charge in [-0.15, -0.1) is 0 Å². The molecule has 2 heterocycles. The van der Waals surface area contributed by atoms with E-state index < -0.39 is 0 Å². The Balaban J connectivity index is 1.69. The molecular weight excluding hydrogens is 338 g/mol. The summed E-state index contributed by atoms with van der Waals surface area (Å²) in [5.74, 6) is 0.212. The van der Waals surface area contributed by atoms with Crippen LogP contribution in [0, 0.1) is 25.2 Å². The molecule has 2 N–H and O–H groups in total. The van der Waals surface area contributed by atoms with E-state index in [-0.39, 0.29) is 5.91 Å². The standard InChI is InChI=1S/C21H19N5O/c1-4-17-16(10-22)11(2)12(3)19(24-17)21(27)23-14-7-8-18-15(9-14)20(26-25-18)13-5-6-13/h4,7-9,13H,1,5-6H2,2-3H3,(H,23,27)(H,25,26). The van der Waals surface area contributed by atoms with Gasteiger partial charge in [-0.3, -0.25) is 9.89 Å². The number of fused-ring (bicyclic) bond motifs is 1. The van der Waals surface area contributed by atoms with Gasteiger partial charge in [0.05, 0.1) is 22.5 Å². The first-order valence-electron chi connectivity index (χ1n) is 8.86. The molecule has 2 aromatic heterocycles. The van der Waals surface area contributed by atoms with Gasteiger partial charge in [0.15, 0.2) is 0 Å². The maximum absolute atomic E-state index is 12.8. The Morgan fingerprint density at radius 2 is 2.15 bits per heavy atom. The van der Waals surface area contributed by atoms with Crippen LogP contribution in [-0.2, 0) is 0 Å². The highest BCUT2D eigenvalue weighted by molar-refractivity contribution is 6.05. The fraction of sp³-hybridized carbons (Fsp3) is 0.238. The third-order valence-electron chi connectivity index (χ3n) is 5.12. The van der Waals surface area contributed by atoms with Crippen LogP contribution in [0.15, 0.2) is 24.8 Å². The van der Waals surface area contributed by atoms with Crippen molar-refractivity contribution in [1.29, 1.82) is 5.26 Å². The van der Waals surface area contributed by atoms with Gasteiger partial charge in [-0.05, 0) is 62.1 Å². The molecule has 0 atom stereocenters. The van der Waals surface area contributed by atoms with Crippen molar-refractivity contribution in [3.05, 3.63) is 58.6 Å². The minimum atomic E-state index is -0.306. The summed E-state index contributed by atoms with van der Waals surface area (Å²) in [6.45, 7) is 7.32. The van der Waals surface area contributed by atoms with Crippen LogP contribution in [0.4, 0.5) is 5.69 Å². The molecule has 0 spiro atoms. The summed E-state index contributed by atoms with van der Waals surface area (Å²) in [5.41, 5.74) is 5.34. The van der Waals surface area contributed by atoms with E-state index in [1.807, 2.05) is 25.1 Å². The average molecular weight is 357 g/mol. The van der Waals surface area contributed by atoms with Gasteiger partial charge in [0.25, 0.3) is 5.91 Å². The first-order valence-corrected chi connectivity index (χ1v) is 8.86. The third kappa shape index (κ3) is 2.87. The van der Waals surface area contributed by atoms with Crippen molar-refractivity contribution in [2.45, 2.75) is 32.6 Å². The van der Waals surface area contributed by atoms with E-state index in [9.17, 15) is 10.1 Å². The number of carbonyl (C=O) groups excluding carboxylic acids is 1. The molecule has 0 unspecified atom stereocenters. The molecule has 4 rings (SSSR count). The number of carbonyl (C=O) groups is 1. The van der Waals surface area contributed by atoms with Crippen LogP contribution >= 0.6 is 0 Å². The quantitative estimate of drug-likeness (QED) is 0.731. The van der Waals surface area contributed by atoms with Gasteiger partial charge in [-0.1, -0.05) is 6.58 Å². The summed E-state index contributed by atoms with van der Waals surface area (Å²) in [6, 6.07) is 7.85. The monoisotopic (exact) mass is 357 g/mol. The van der Waals surface area contributed by atoms with Gasteiger partial charge >= 0.3 is 0 Å². The fourth-order valence-electron chi connectivity index (χ4n) is 3.30. The lowest BCUT2D eigenvalue weighted by atomic mass is 10.0. The molecule has 1 fully saturated rings. The van der Waals surface area contributed by atoms with E-state index in [2.05, 4.69) is 33.1 Å². The number of nitrogens with one attached hydrogen (secondary N) is 2. The number of hydrogen-bond acceptors (Lipinski definition) is 4. The maximum Gasteiger partial charge on any atom is 0.274 e. The first-order chi connectivity index (χ1) is 13.0. The molecule has 1 aliphatic carbocycles. The van der Waals surface area contributed by atoms with E-state index in [1.54, 1.807) is 6.92 Å². The highest BCUT2D eigenvalue weighted by atomic mass is 16.1. The highest BCUT2D eigenvalue weighted by Crippen LogP contribution is 2.42. The molecule has 134 valence electrons. The Morgan fingerprint density at radius 3 is 2.81 bits per heavy atom. The Bertz CT molecular complexity index is 1130. The van der Waals surface area contributed by atoms with E-state index in [0.29, 0.717) is 34.1 Å². The van der Waals surface area contributed by atoms with Crippen LogP contribution in [0.2, 0.25) is 0 Å². The first kappa shape index (κ1) is 17.0. The predicted molar refractivity (Wildman–Crippen MR) is 105 cm³/mol. The molecular formula is C21H19N5O. The summed E-state index contributed by atoms with van der Waals surface area (Å²) in [5, 5.41) is 20.8. The van der Waals surface area contributed by atoms with Crippen molar-refractivity contribution in [3.8, 4) is 6.07 Å². The van der Waals surface area contributed by atoms with Crippen molar-refractivity contribution < 1.29 is 4.79 Å². The number of aromatic nitrogens is 3. The van der Waals surface area contributed by atoms with E-state index in [0.717, 1.165) is 35.0 Å². The van der Waals surface area contributed by atoms with Crippen LogP contribution in [0.25, 0.3) is 17.0 Å². The molecule has 27 heavy (non-hydrogen) atoms. The third-order valence-corrected chi connectivity index (χ3v) is 5.12. The molecule has 6 heteroatoms. The second kappa shape index (κ2) is 6.36. The Kier molecular flexibility index (Phi) is 4.00. The van der Waals surface area contributed by atoms with E-state index in [4.69, 9.17) is 0 Å². The lowest BCUT2D eigenvalue weighted by Crippen LogP contribution is -2.17. The van der Waals surface area contributed by atoms with Gasteiger partial charge in [-0.2, -0.15) is 10.4 Å². The van der Waals surface area contributed by atoms with Crippen molar-refractivity contribution in [1.82, 2.24) is 15.2 Å². The SMILES string of the molecule is C=Cc1nc(C(=O)Nc2ccc3[nH]nc(C4CC4)c3c2)c(C)c(C)c1C#N. The number of aromatic amines is 1. The minimum Gasteiger partial charge on any atom is -0.321 e. The zero-order chi connectivity index (χ0) is 19.1. The molecule has 6 nitrogen and oxygen atoms in total. The fourth-order valence-corrected chi connectivity index (χ4v) is 3.30. The number of nitrogens with zero attached hydrogens (tertiary/aromatic N) is 3. The minimum absolute atomic E-state index is 0.302. The number of anilines is 1. The molecule has 3 aromatic rings. The van der Waals surface area contributed by atoms with Gasteiger partial charge in [0.1, 0.15) is 11.8 Å². The number of benzene rings is 1. The smallest absolute Gasteiger partial charge is 0.274 e. The van der Waals surface area contributed by atoms with Crippen LogP contribution in [0.3, 0.4) is 0 Å². The van der Waals surface area contributed by atoms with Crippen LogP contribution < -0.4 is 5.32 Å². The number of pyridine rings is 1. The van der Waals surface area contributed by atoms with Gasteiger partial charge in [0.2, 0.25) is 0 Å². The summed E-state index contributed by atoms with van der Waals surface area (Å²) >= 11 is 0. The Morgan fingerprint density at radius 1 is 1.37 bits per heavy atom. The van der Waals surface area contributed by atoms with Crippen molar-refractivity contribution >= 4 is 28.6 Å². The van der Waals surface area contributed by atoms with E-state index >= 15 is 0 Å². The maximum atomic E-state index is 12.8. The second-order valence-electron chi connectivity index (χ2n) is 6.88. The number of hydrogen-bond donors (Lipinski definition) is 2. The lowest BCUT2D eigenvalue weighted by Gasteiger charge is -2.12. The zero-order valence-electron chi connectivity index (χ0n) is 15.3. The van der Waals surface area contributed by atoms with Gasteiger partial charge in [-0.25, -0.2) is 4.98 Å². The van der Waals surface area contributed by atoms with Crippen LogP contribution in [0.1, 0.15) is 57.3 Å². The normalized spacial score (nSPS) is 13.4. The van der Waals surface area contributed by atoms with Gasteiger partial charge < -0.3 is 5.32 Å². The molecule has 0 saturated heterocycles. The number of H-pyrrole nitrogens is 1. The molecule has 1 aliphatic rings. The summed E-state index contributed by atoms with van der Waals surface area (Å²) in [4.78, 5) is 17.2.